The van der Waals surface area contributed by atoms with E-state index >= 15 is 0 Å². The minimum Gasteiger partial charge on any atom is -0.483 e. The number of H-pyrrole nitrogens is 1. The second-order valence-electron chi connectivity index (χ2n) is 5.94. The topological polar surface area (TPSA) is 67.0 Å². The summed E-state index contributed by atoms with van der Waals surface area (Å²) in [6.45, 7) is 2.51. The first-order chi connectivity index (χ1) is 11.8. The number of carbonyl (C=O) groups is 1. The number of amides is 1. The number of rotatable bonds is 3. The third-order valence-electron chi connectivity index (χ3n) is 4.45. The second kappa shape index (κ2) is 6.00. The summed E-state index contributed by atoms with van der Waals surface area (Å²) in [6, 6.07) is 12.0. The molecule has 0 saturated heterocycles. The van der Waals surface area contributed by atoms with Crippen LogP contribution in [0.3, 0.4) is 0 Å². The summed E-state index contributed by atoms with van der Waals surface area (Å²) in [5.74, 6) is 0.687. The van der Waals surface area contributed by atoms with Crippen LogP contribution in [0, 0.1) is 0 Å². The number of fused-ring (bicyclic) bond motifs is 3. The van der Waals surface area contributed by atoms with Gasteiger partial charge in [-0.25, -0.2) is 4.98 Å². The number of hydrogen-bond donors (Lipinski definition) is 2. The van der Waals surface area contributed by atoms with E-state index in [-0.39, 0.29) is 12.0 Å². The van der Waals surface area contributed by atoms with Gasteiger partial charge in [0.2, 0.25) is 0 Å². The van der Waals surface area contributed by atoms with E-state index in [2.05, 4.69) is 27.4 Å². The van der Waals surface area contributed by atoms with Crippen molar-refractivity contribution < 1.29 is 9.53 Å². The fraction of sp³-hybridized carbons (Fsp3) is 0.263. The van der Waals surface area contributed by atoms with Gasteiger partial charge in [0.15, 0.2) is 0 Å². The van der Waals surface area contributed by atoms with Crippen molar-refractivity contribution in [2.24, 2.45) is 0 Å². The Bertz CT molecular complexity index is 886. The lowest BCUT2D eigenvalue weighted by Gasteiger charge is -2.28. The highest BCUT2D eigenvalue weighted by atomic mass is 16.5. The van der Waals surface area contributed by atoms with Crippen LogP contribution in [0.4, 0.5) is 0 Å². The lowest BCUT2D eigenvalue weighted by molar-refractivity contribution is 0.0952. The lowest BCUT2D eigenvalue weighted by atomic mass is 9.93. The van der Waals surface area contributed by atoms with E-state index in [9.17, 15) is 4.79 Å². The van der Waals surface area contributed by atoms with Gasteiger partial charge in [0.25, 0.3) is 5.91 Å². The number of benzene rings is 2. The molecule has 0 radical (unpaired) electrons. The Kier molecular flexibility index (Phi) is 3.69. The quantitative estimate of drug-likeness (QED) is 0.777. The maximum Gasteiger partial charge on any atom is 0.251 e. The van der Waals surface area contributed by atoms with Crippen LogP contribution < -0.4 is 10.1 Å². The van der Waals surface area contributed by atoms with Crippen molar-refractivity contribution in [2.75, 3.05) is 6.54 Å². The summed E-state index contributed by atoms with van der Waals surface area (Å²) in [6.07, 6.45) is 3.29. The molecule has 2 aromatic carbocycles. The van der Waals surface area contributed by atoms with Crippen molar-refractivity contribution in [3.8, 4) is 5.75 Å². The zero-order valence-corrected chi connectivity index (χ0v) is 13.5. The summed E-state index contributed by atoms with van der Waals surface area (Å²) < 4.78 is 6.31. The predicted molar refractivity (Wildman–Crippen MR) is 92.2 cm³/mol. The minimum atomic E-state index is -0.0691. The summed E-state index contributed by atoms with van der Waals surface area (Å²) in [5.41, 5.74) is 4.39. The van der Waals surface area contributed by atoms with Gasteiger partial charge in [0, 0.05) is 17.7 Å². The molecule has 3 aromatic rings. The monoisotopic (exact) mass is 321 g/mol. The van der Waals surface area contributed by atoms with E-state index in [1.165, 1.54) is 0 Å². The summed E-state index contributed by atoms with van der Waals surface area (Å²) in [4.78, 5) is 19.9. The normalized spacial score (nSPS) is 16.5. The number of nitrogens with one attached hydrogen (secondary N) is 2. The number of nitrogens with zero attached hydrogens (tertiary/aromatic N) is 1. The molecule has 0 saturated carbocycles. The van der Waals surface area contributed by atoms with Crippen LogP contribution in [0.2, 0.25) is 0 Å². The minimum absolute atomic E-state index is 0.00492. The molecule has 0 fully saturated rings. The molecular formula is C19H19N3O2. The molecule has 122 valence electrons. The van der Waals surface area contributed by atoms with Crippen LogP contribution in [-0.2, 0) is 6.42 Å². The van der Waals surface area contributed by atoms with Crippen LogP contribution in [0.25, 0.3) is 11.0 Å². The van der Waals surface area contributed by atoms with Gasteiger partial charge in [0.05, 0.1) is 11.8 Å². The molecule has 0 spiro atoms. The van der Waals surface area contributed by atoms with E-state index < -0.39 is 0 Å². The number of ether oxygens (including phenoxy) is 1. The number of aromatic amines is 1. The molecule has 5 heteroatoms. The number of imidazole rings is 1. The fourth-order valence-corrected chi connectivity index (χ4v) is 3.31. The zero-order chi connectivity index (χ0) is 16.5. The third-order valence-corrected chi connectivity index (χ3v) is 4.45. The maximum absolute atomic E-state index is 12.4. The van der Waals surface area contributed by atoms with E-state index in [4.69, 9.17) is 4.74 Å². The van der Waals surface area contributed by atoms with Crippen LogP contribution in [0.5, 0.6) is 5.75 Å². The molecular weight excluding hydrogens is 302 g/mol. The molecule has 1 atom stereocenters. The molecule has 4 rings (SSSR count). The van der Waals surface area contributed by atoms with Crippen LogP contribution in [0.15, 0.2) is 42.7 Å². The van der Waals surface area contributed by atoms with E-state index in [1.54, 1.807) is 6.33 Å². The highest BCUT2D eigenvalue weighted by molar-refractivity contribution is 6.01. The zero-order valence-electron chi connectivity index (χ0n) is 13.5. The Labute approximate surface area is 140 Å². The summed E-state index contributed by atoms with van der Waals surface area (Å²) in [7, 11) is 0. The number of hydrogen-bond acceptors (Lipinski definition) is 3. The molecule has 2 N–H and O–H groups in total. The molecule has 5 nitrogen and oxygen atoms in total. The first-order valence-electron chi connectivity index (χ1n) is 8.26. The Morgan fingerprint density at radius 2 is 2.21 bits per heavy atom. The number of carbonyl (C=O) groups excluding carboxylic acids is 1. The standard InChI is InChI=1S/C19H19N3O2/c1-2-20-19(23)14-10-15-17(22-11-21-15)18-13(14)8-9-16(24-18)12-6-4-3-5-7-12/h3-7,10-11,16H,2,8-9H2,1H3,(H,20,23)(H,21,22). The molecule has 1 aromatic heterocycles. The molecule has 1 aliphatic rings. The van der Waals surface area contributed by atoms with E-state index in [0.29, 0.717) is 12.1 Å². The second-order valence-corrected chi connectivity index (χ2v) is 5.94. The average Bonchev–Trinajstić information content (AvgIpc) is 3.10. The van der Waals surface area contributed by atoms with Crippen molar-refractivity contribution in [3.05, 3.63) is 59.4 Å². The average molecular weight is 321 g/mol. The summed E-state index contributed by atoms with van der Waals surface area (Å²) >= 11 is 0. The highest BCUT2D eigenvalue weighted by Gasteiger charge is 2.28. The van der Waals surface area contributed by atoms with Gasteiger partial charge in [-0.15, -0.1) is 0 Å². The van der Waals surface area contributed by atoms with E-state index in [1.807, 2.05) is 31.2 Å². The van der Waals surface area contributed by atoms with Gasteiger partial charge < -0.3 is 15.0 Å². The Morgan fingerprint density at radius 1 is 1.38 bits per heavy atom. The molecule has 24 heavy (non-hydrogen) atoms. The largest absolute Gasteiger partial charge is 0.483 e. The van der Waals surface area contributed by atoms with E-state index in [0.717, 1.165) is 40.8 Å². The Balaban J connectivity index is 1.80. The first kappa shape index (κ1) is 14.8. The van der Waals surface area contributed by atoms with Crippen LogP contribution >= 0.6 is 0 Å². The third kappa shape index (κ3) is 2.42. The van der Waals surface area contributed by atoms with Crippen molar-refractivity contribution in [1.29, 1.82) is 0 Å². The highest BCUT2D eigenvalue weighted by Crippen LogP contribution is 2.40. The molecule has 1 unspecified atom stereocenters. The van der Waals surface area contributed by atoms with Crippen molar-refractivity contribution in [2.45, 2.75) is 25.9 Å². The smallest absolute Gasteiger partial charge is 0.251 e. The Morgan fingerprint density at radius 3 is 3.00 bits per heavy atom. The first-order valence-corrected chi connectivity index (χ1v) is 8.26. The fourth-order valence-electron chi connectivity index (χ4n) is 3.31. The van der Waals surface area contributed by atoms with Gasteiger partial charge in [0.1, 0.15) is 17.4 Å². The van der Waals surface area contributed by atoms with Gasteiger partial charge in [-0.05, 0) is 31.4 Å². The van der Waals surface area contributed by atoms with Gasteiger partial charge >= 0.3 is 0 Å². The lowest BCUT2D eigenvalue weighted by Crippen LogP contribution is -2.26. The number of aromatic nitrogens is 2. The molecule has 1 amide bonds. The van der Waals surface area contributed by atoms with Crippen molar-refractivity contribution >= 4 is 16.9 Å². The predicted octanol–water partition coefficient (Wildman–Crippen LogP) is 3.38. The molecule has 0 bridgehead atoms. The molecule has 0 aliphatic carbocycles. The van der Waals surface area contributed by atoms with Crippen molar-refractivity contribution in [1.82, 2.24) is 15.3 Å². The Hall–Kier alpha value is -2.82. The van der Waals surface area contributed by atoms with Crippen LogP contribution in [0.1, 0.15) is 40.9 Å². The SMILES string of the molecule is CCNC(=O)c1cc2nc[nH]c2c2c1CCC(c1ccccc1)O2. The van der Waals surface area contributed by atoms with Crippen LogP contribution in [-0.4, -0.2) is 22.4 Å². The van der Waals surface area contributed by atoms with Gasteiger partial charge in [-0.2, -0.15) is 0 Å². The maximum atomic E-state index is 12.4. The van der Waals surface area contributed by atoms with Crippen molar-refractivity contribution in [3.63, 3.8) is 0 Å². The van der Waals surface area contributed by atoms with Gasteiger partial charge in [-0.3, -0.25) is 4.79 Å². The van der Waals surface area contributed by atoms with Gasteiger partial charge in [-0.1, -0.05) is 30.3 Å². The molecule has 1 aliphatic heterocycles. The summed E-state index contributed by atoms with van der Waals surface area (Å²) in [5, 5.41) is 2.88. The molecule has 2 heterocycles.